The molecule has 1 fully saturated rings. The number of fused-ring (bicyclic) bond motifs is 1. The first kappa shape index (κ1) is 30.5. The Kier molecular flexibility index (Phi) is 8.32. The van der Waals surface area contributed by atoms with E-state index >= 15 is 0 Å². The number of amides is 4. The van der Waals surface area contributed by atoms with Gasteiger partial charge in [-0.1, -0.05) is 36.4 Å². The predicted octanol–water partition coefficient (Wildman–Crippen LogP) is 3.42. The molecule has 230 valence electrons. The topological polar surface area (TPSA) is 134 Å². The van der Waals surface area contributed by atoms with Gasteiger partial charge in [0.05, 0.1) is 29.8 Å². The highest BCUT2D eigenvalue weighted by Crippen LogP contribution is 2.28. The molecular formula is C29H27F3N6O5S. The molecule has 0 saturated carbocycles. The number of nitrogens with zero attached hydrogens (tertiary/aromatic N) is 4. The summed E-state index contributed by atoms with van der Waals surface area (Å²) in [7, 11) is -1.37. The highest BCUT2D eigenvalue weighted by molar-refractivity contribution is 7.91. The summed E-state index contributed by atoms with van der Waals surface area (Å²) >= 11 is 0. The molecule has 44 heavy (non-hydrogen) atoms. The van der Waals surface area contributed by atoms with Gasteiger partial charge in [-0.05, 0) is 47.0 Å². The maximum absolute atomic E-state index is 13.7. The summed E-state index contributed by atoms with van der Waals surface area (Å²) in [6, 6.07) is 18.6. The first-order valence-electron chi connectivity index (χ1n) is 13.4. The van der Waals surface area contributed by atoms with Crippen molar-refractivity contribution in [2.24, 2.45) is 7.05 Å². The maximum atomic E-state index is 13.7. The van der Waals surface area contributed by atoms with Gasteiger partial charge in [-0.15, -0.1) is 0 Å². The van der Waals surface area contributed by atoms with Crippen LogP contribution in [0.15, 0.2) is 72.9 Å². The van der Waals surface area contributed by atoms with Crippen molar-refractivity contribution in [3.63, 3.8) is 0 Å². The lowest BCUT2D eigenvalue weighted by Gasteiger charge is -2.33. The molecule has 0 radical (unpaired) electrons. The summed E-state index contributed by atoms with van der Waals surface area (Å²) < 4.78 is 62.9. The van der Waals surface area contributed by atoms with Crippen LogP contribution in [0.1, 0.15) is 15.9 Å². The number of anilines is 1. The standard InChI is InChI=1S/C29H27F3N6O5S/c1-36-25-16-22(6-7-23(25)17-33-36)20-8-10-24(11-9-20)38(28(41)37-12-14-44(42,43)15-13-37)18-19-2-4-21(5-3-19)26(39)34-35-27(40)29(30,31)32/h2-11,16-17H,12-15,18H2,1H3,(H,34,39)(H,35,40). The minimum Gasteiger partial charge on any atom is -0.322 e. The van der Waals surface area contributed by atoms with Gasteiger partial charge < -0.3 is 4.90 Å². The third-order valence-corrected chi connectivity index (χ3v) is 8.82. The molecule has 0 aliphatic carbocycles. The van der Waals surface area contributed by atoms with Crippen LogP contribution in [0.3, 0.4) is 0 Å². The fourth-order valence-corrected chi connectivity index (χ4v) is 5.90. The normalized spacial score (nSPS) is 14.7. The molecule has 2 heterocycles. The number of aromatic nitrogens is 2. The molecule has 0 bridgehead atoms. The number of hydrogen-bond donors (Lipinski definition) is 2. The van der Waals surface area contributed by atoms with Crippen LogP contribution in [0.4, 0.5) is 23.7 Å². The van der Waals surface area contributed by atoms with E-state index in [0.29, 0.717) is 11.3 Å². The van der Waals surface area contributed by atoms with Crippen LogP contribution in [-0.4, -0.2) is 71.7 Å². The number of benzene rings is 3. The van der Waals surface area contributed by atoms with E-state index in [9.17, 15) is 36.0 Å². The summed E-state index contributed by atoms with van der Waals surface area (Å²) in [4.78, 5) is 39.8. The first-order chi connectivity index (χ1) is 20.8. The van der Waals surface area contributed by atoms with Crippen molar-refractivity contribution < 1.29 is 36.0 Å². The Bertz CT molecular complexity index is 1810. The fraction of sp³-hybridized carbons (Fsp3) is 0.241. The Hall–Kier alpha value is -4.92. The molecule has 1 aromatic heterocycles. The van der Waals surface area contributed by atoms with Crippen molar-refractivity contribution in [2.45, 2.75) is 12.7 Å². The largest absolute Gasteiger partial charge is 0.472 e. The first-order valence-corrected chi connectivity index (χ1v) is 15.2. The van der Waals surface area contributed by atoms with E-state index in [-0.39, 0.29) is 36.7 Å². The Morgan fingerprint density at radius 1 is 0.909 bits per heavy atom. The third-order valence-electron chi connectivity index (χ3n) is 7.21. The van der Waals surface area contributed by atoms with Gasteiger partial charge in [-0.2, -0.15) is 18.3 Å². The van der Waals surface area contributed by atoms with E-state index < -0.39 is 33.9 Å². The summed E-state index contributed by atoms with van der Waals surface area (Å²) in [5, 5.41) is 5.27. The molecule has 4 amide bonds. The molecule has 2 N–H and O–H groups in total. The smallest absolute Gasteiger partial charge is 0.322 e. The van der Waals surface area contributed by atoms with E-state index in [2.05, 4.69) is 5.10 Å². The van der Waals surface area contributed by atoms with Crippen LogP contribution >= 0.6 is 0 Å². The number of aryl methyl sites for hydroxylation is 1. The quantitative estimate of drug-likeness (QED) is 0.326. The number of carbonyl (C=O) groups excluding carboxylic acids is 3. The SMILES string of the molecule is Cn1ncc2ccc(-c3ccc(N(Cc4ccc(C(=O)NNC(=O)C(F)(F)F)cc4)C(=O)N4CCS(=O)(=O)CC4)cc3)cc21. The molecule has 15 heteroatoms. The summed E-state index contributed by atoms with van der Waals surface area (Å²) in [5.74, 6) is -3.56. The van der Waals surface area contributed by atoms with E-state index in [0.717, 1.165) is 22.0 Å². The van der Waals surface area contributed by atoms with Crippen molar-refractivity contribution in [3.8, 4) is 11.1 Å². The van der Waals surface area contributed by atoms with Crippen LogP contribution in [-0.2, 0) is 28.2 Å². The molecule has 0 unspecified atom stereocenters. The van der Waals surface area contributed by atoms with Crippen LogP contribution in [0, 0.1) is 0 Å². The fourth-order valence-electron chi connectivity index (χ4n) is 4.70. The average Bonchev–Trinajstić information content (AvgIpc) is 3.37. The molecule has 3 aromatic carbocycles. The number of rotatable bonds is 5. The number of sulfone groups is 1. The number of carbonyl (C=O) groups is 3. The van der Waals surface area contributed by atoms with Crippen molar-refractivity contribution in [2.75, 3.05) is 29.5 Å². The molecule has 1 saturated heterocycles. The Morgan fingerprint density at radius 2 is 1.55 bits per heavy atom. The maximum Gasteiger partial charge on any atom is 0.472 e. The average molecular weight is 629 g/mol. The molecule has 4 aromatic rings. The molecular weight excluding hydrogens is 601 g/mol. The molecule has 0 atom stereocenters. The molecule has 1 aliphatic heterocycles. The second-order valence-electron chi connectivity index (χ2n) is 10.2. The van der Waals surface area contributed by atoms with Gasteiger partial charge in [0.2, 0.25) is 0 Å². The van der Waals surface area contributed by atoms with Crippen LogP contribution < -0.4 is 15.8 Å². The predicted molar refractivity (Wildman–Crippen MR) is 156 cm³/mol. The second kappa shape index (κ2) is 12.0. The van der Waals surface area contributed by atoms with Gasteiger partial charge >= 0.3 is 18.1 Å². The minimum absolute atomic E-state index is 0.0231. The lowest BCUT2D eigenvalue weighted by atomic mass is 10.0. The van der Waals surface area contributed by atoms with E-state index in [1.165, 1.54) is 39.5 Å². The van der Waals surface area contributed by atoms with E-state index in [1.54, 1.807) is 28.4 Å². The summed E-state index contributed by atoms with van der Waals surface area (Å²) in [6.45, 7) is 0.140. The zero-order valence-corrected chi connectivity index (χ0v) is 24.2. The van der Waals surface area contributed by atoms with E-state index in [4.69, 9.17) is 0 Å². The highest BCUT2D eigenvalue weighted by Gasteiger charge is 2.39. The molecule has 11 nitrogen and oxygen atoms in total. The highest BCUT2D eigenvalue weighted by atomic mass is 32.2. The Balaban J connectivity index is 1.36. The van der Waals surface area contributed by atoms with Gasteiger partial charge in [0, 0.05) is 36.8 Å². The minimum atomic E-state index is -5.16. The lowest BCUT2D eigenvalue weighted by molar-refractivity contribution is -0.174. The van der Waals surface area contributed by atoms with Gasteiger partial charge in [0.25, 0.3) is 5.91 Å². The van der Waals surface area contributed by atoms with Crippen molar-refractivity contribution in [1.82, 2.24) is 25.5 Å². The van der Waals surface area contributed by atoms with Crippen LogP contribution in [0.2, 0.25) is 0 Å². The van der Waals surface area contributed by atoms with Gasteiger partial charge in [-0.25, -0.2) is 13.2 Å². The monoisotopic (exact) mass is 628 g/mol. The number of hydrogen-bond acceptors (Lipinski definition) is 6. The summed E-state index contributed by atoms with van der Waals surface area (Å²) in [5.41, 5.74) is 6.94. The van der Waals surface area contributed by atoms with Gasteiger partial charge in [0.1, 0.15) is 0 Å². The van der Waals surface area contributed by atoms with Crippen LogP contribution in [0.5, 0.6) is 0 Å². The number of hydrazine groups is 1. The number of urea groups is 1. The molecule has 1 aliphatic rings. The lowest BCUT2D eigenvalue weighted by Crippen LogP contribution is -2.49. The molecule has 0 spiro atoms. The number of alkyl halides is 3. The third kappa shape index (κ3) is 6.83. The summed E-state index contributed by atoms with van der Waals surface area (Å²) in [6.07, 6.45) is -3.38. The number of nitrogens with one attached hydrogen (secondary N) is 2. The van der Waals surface area contributed by atoms with Gasteiger partial charge in [0.15, 0.2) is 9.84 Å². The second-order valence-corrected chi connectivity index (χ2v) is 12.5. The van der Waals surface area contributed by atoms with Gasteiger partial charge in [-0.3, -0.25) is 30.0 Å². The van der Waals surface area contributed by atoms with Crippen molar-refractivity contribution in [1.29, 1.82) is 0 Å². The van der Waals surface area contributed by atoms with Crippen LogP contribution in [0.25, 0.3) is 22.0 Å². The molecule has 5 rings (SSSR count). The number of halogens is 3. The van der Waals surface area contributed by atoms with Crippen molar-refractivity contribution >= 4 is 44.3 Å². The van der Waals surface area contributed by atoms with Crippen molar-refractivity contribution in [3.05, 3.63) is 84.1 Å². The zero-order valence-electron chi connectivity index (χ0n) is 23.3. The Morgan fingerprint density at radius 3 is 2.18 bits per heavy atom. The zero-order chi connectivity index (χ0) is 31.6. The van der Waals surface area contributed by atoms with E-state index in [1.807, 2.05) is 37.4 Å². The Labute approximate surface area is 250 Å².